The van der Waals surface area contributed by atoms with Gasteiger partial charge in [0.1, 0.15) is 5.75 Å². The van der Waals surface area contributed by atoms with Gasteiger partial charge >= 0.3 is 0 Å². The standard InChI is InChI=1S/C16H24N2O2/c1-11-7-6-10-14(15(11)17)20-12(2)16(19)18-13-8-4-3-5-9-13/h6-7,10,12-13H,3-5,8-9,17H2,1-2H3,(H,18,19). The number of hydrogen-bond acceptors (Lipinski definition) is 3. The minimum absolute atomic E-state index is 0.0576. The van der Waals surface area contributed by atoms with Gasteiger partial charge in [-0.25, -0.2) is 0 Å². The monoisotopic (exact) mass is 276 g/mol. The van der Waals surface area contributed by atoms with Crippen molar-refractivity contribution in [3.05, 3.63) is 23.8 Å². The molecule has 1 aliphatic carbocycles. The van der Waals surface area contributed by atoms with Crippen LogP contribution in [-0.2, 0) is 4.79 Å². The Morgan fingerprint density at radius 1 is 1.35 bits per heavy atom. The van der Waals surface area contributed by atoms with E-state index in [4.69, 9.17) is 10.5 Å². The maximum absolute atomic E-state index is 12.1. The van der Waals surface area contributed by atoms with Crippen LogP contribution in [0.4, 0.5) is 5.69 Å². The van der Waals surface area contributed by atoms with Gasteiger partial charge in [-0.1, -0.05) is 31.4 Å². The van der Waals surface area contributed by atoms with E-state index in [2.05, 4.69) is 5.32 Å². The van der Waals surface area contributed by atoms with Crippen LogP contribution in [0.5, 0.6) is 5.75 Å². The van der Waals surface area contributed by atoms with Crippen LogP contribution in [0, 0.1) is 6.92 Å². The molecule has 3 N–H and O–H groups in total. The highest BCUT2D eigenvalue weighted by Gasteiger charge is 2.21. The molecule has 0 bridgehead atoms. The lowest BCUT2D eigenvalue weighted by molar-refractivity contribution is -0.128. The van der Waals surface area contributed by atoms with Crippen molar-refractivity contribution in [3.8, 4) is 5.75 Å². The molecule has 1 aromatic rings. The van der Waals surface area contributed by atoms with Gasteiger partial charge in [0.05, 0.1) is 5.69 Å². The molecule has 1 amide bonds. The van der Waals surface area contributed by atoms with Gasteiger partial charge in [-0.3, -0.25) is 4.79 Å². The van der Waals surface area contributed by atoms with Crippen LogP contribution in [0.1, 0.15) is 44.6 Å². The Labute approximate surface area is 120 Å². The van der Waals surface area contributed by atoms with Crippen LogP contribution in [0.3, 0.4) is 0 Å². The fourth-order valence-corrected chi connectivity index (χ4v) is 2.57. The Kier molecular flexibility index (Phi) is 4.88. The highest BCUT2D eigenvalue weighted by molar-refractivity contribution is 5.81. The van der Waals surface area contributed by atoms with Gasteiger partial charge in [0.25, 0.3) is 5.91 Å². The molecule has 0 heterocycles. The third kappa shape index (κ3) is 3.65. The van der Waals surface area contributed by atoms with Gasteiger partial charge in [0.2, 0.25) is 0 Å². The normalized spacial score (nSPS) is 17.5. The summed E-state index contributed by atoms with van der Waals surface area (Å²) in [4.78, 5) is 12.1. The van der Waals surface area contributed by atoms with Crippen LogP contribution in [0.2, 0.25) is 0 Å². The average molecular weight is 276 g/mol. The molecule has 0 saturated heterocycles. The van der Waals surface area contributed by atoms with Crippen molar-refractivity contribution in [1.29, 1.82) is 0 Å². The van der Waals surface area contributed by atoms with E-state index in [1.807, 2.05) is 19.1 Å². The zero-order valence-electron chi connectivity index (χ0n) is 12.3. The molecule has 0 spiro atoms. The Hall–Kier alpha value is -1.71. The summed E-state index contributed by atoms with van der Waals surface area (Å²) in [6.45, 7) is 3.69. The molecule has 110 valence electrons. The molecule has 1 atom stereocenters. The van der Waals surface area contributed by atoms with Crippen LogP contribution in [-0.4, -0.2) is 18.1 Å². The van der Waals surface area contributed by atoms with E-state index >= 15 is 0 Å². The second-order valence-corrected chi connectivity index (χ2v) is 5.59. The average Bonchev–Trinajstić information content (AvgIpc) is 2.45. The van der Waals surface area contributed by atoms with Crippen LogP contribution >= 0.6 is 0 Å². The van der Waals surface area contributed by atoms with Crippen LogP contribution in [0.15, 0.2) is 18.2 Å². The summed E-state index contributed by atoms with van der Waals surface area (Å²) >= 11 is 0. The number of para-hydroxylation sites is 1. The topological polar surface area (TPSA) is 64.3 Å². The predicted molar refractivity (Wildman–Crippen MR) is 80.7 cm³/mol. The van der Waals surface area contributed by atoms with Crippen molar-refractivity contribution in [2.45, 2.75) is 58.1 Å². The first kappa shape index (κ1) is 14.7. The van der Waals surface area contributed by atoms with E-state index in [9.17, 15) is 4.79 Å². The summed E-state index contributed by atoms with van der Waals surface area (Å²) in [5, 5.41) is 3.07. The molecular formula is C16H24N2O2. The lowest BCUT2D eigenvalue weighted by Gasteiger charge is -2.25. The number of nitrogens with one attached hydrogen (secondary N) is 1. The number of ether oxygens (including phenoxy) is 1. The van der Waals surface area contributed by atoms with E-state index in [1.54, 1.807) is 13.0 Å². The summed E-state index contributed by atoms with van der Waals surface area (Å²) < 4.78 is 5.69. The maximum atomic E-state index is 12.1. The Balaban J connectivity index is 1.91. The highest BCUT2D eigenvalue weighted by atomic mass is 16.5. The summed E-state index contributed by atoms with van der Waals surface area (Å²) in [5.74, 6) is 0.522. The SMILES string of the molecule is Cc1cccc(OC(C)C(=O)NC2CCCCC2)c1N. The van der Waals surface area contributed by atoms with Gasteiger partial charge in [0.15, 0.2) is 6.10 Å². The number of anilines is 1. The smallest absolute Gasteiger partial charge is 0.260 e. The van der Waals surface area contributed by atoms with Crippen molar-refractivity contribution in [1.82, 2.24) is 5.32 Å². The summed E-state index contributed by atoms with van der Waals surface area (Å²) in [5.41, 5.74) is 7.52. The van der Waals surface area contributed by atoms with Crippen molar-refractivity contribution >= 4 is 11.6 Å². The third-order valence-electron chi connectivity index (χ3n) is 3.91. The number of rotatable bonds is 4. The quantitative estimate of drug-likeness (QED) is 0.831. The molecular weight excluding hydrogens is 252 g/mol. The molecule has 1 fully saturated rings. The minimum atomic E-state index is -0.527. The number of nitrogens with two attached hydrogens (primary N) is 1. The molecule has 2 rings (SSSR count). The highest BCUT2D eigenvalue weighted by Crippen LogP contribution is 2.25. The van der Waals surface area contributed by atoms with Gasteiger partial charge in [0, 0.05) is 6.04 Å². The van der Waals surface area contributed by atoms with Gasteiger partial charge < -0.3 is 15.8 Å². The number of carbonyl (C=O) groups excluding carboxylic acids is 1. The predicted octanol–water partition coefficient (Wildman–Crippen LogP) is 2.79. The molecule has 20 heavy (non-hydrogen) atoms. The second-order valence-electron chi connectivity index (χ2n) is 5.59. The van der Waals surface area contributed by atoms with Gasteiger partial charge in [-0.15, -0.1) is 0 Å². The maximum Gasteiger partial charge on any atom is 0.260 e. The number of benzene rings is 1. The summed E-state index contributed by atoms with van der Waals surface area (Å²) in [6, 6.07) is 5.91. The van der Waals surface area contributed by atoms with Gasteiger partial charge in [-0.2, -0.15) is 0 Å². The van der Waals surface area contributed by atoms with Crippen molar-refractivity contribution < 1.29 is 9.53 Å². The van der Waals surface area contributed by atoms with Crippen molar-refractivity contribution in [2.24, 2.45) is 0 Å². The Bertz CT molecular complexity index is 468. The zero-order chi connectivity index (χ0) is 14.5. The molecule has 0 radical (unpaired) electrons. The Morgan fingerprint density at radius 2 is 2.05 bits per heavy atom. The molecule has 0 aromatic heterocycles. The van der Waals surface area contributed by atoms with E-state index in [1.165, 1.54) is 19.3 Å². The molecule has 1 saturated carbocycles. The lowest BCUT2D eigenvalue weighted by Crippen LogP contribution is -2.43. The first-order chi connectivity index (χ1) is 9.58. The van der Waals surface area contributed by atoms with Crippen LogP contribution in [0.25, 0.3) is 0 Å². The van der Waals surface area contributed by atoms with Crippen LogP contribution < -0.4 is 15.8 Å². The molecule has 1 aliphatic rings. The van der Waals surface area contributed by atoms with E-state index in [-0.39, 0.29) is 5.91 Å². The molecule has 1 aromatic carbocycles. The molecule has 4 nitrogen and oxygen atoms in total. The van der Waals surface area contributed by atoms with E-state index < -0.39 is 6.10 Å². The second kappa shape index (κ2) is 6.64. The molecule has 4 heteroatoms. The summed E-state index contributed by atoms with van der Waals surface area (Å²) in [6.07, 6.45) is 5.30. The lowest BCUT2D eigenvalue weighted by atomic mass is 9.95. The van der Waals surface area contributed by atoms with E-state index in [0.717, 1.165) is 18.4 Å². The van der Waals surface area contributed by atoms with Crippen molar-refractivity contribution in [3.63, 3.8) is 0 Å². The third-order valence-corrected chi connectivity index (χ3v) is 3.91. The number of amides is 1. The fourth-order valence-electron chi connectivity index (χ4n) is 2.57. The zero-order valence-corrected chi connectivity index (χ0v) is 12.3. The van der Waals surface area contributed by atoms with Gasteiger partial charge in [-0.05, 0) is 38.3 Å². The number of carbonyl (C=O) groups is 1. The number of hydrogen-bond donors (Lipinski definition) is 2. The number of aryl methyl sites for hydroxylation is 1. The number of nitrogen functional groups attached to an aromatic ring is 1. The van der Waals surface area contributed by atoms with Crippen molar-refractivity contribution in [2.75, 3.05) is 5.73 Å². The Morgan fingerprint density at radius 3 is 2.75 bits per heavy atom. The fraction of sp³-hybridized carbons (Fsp3) is 0.562. The molecule has 1 unspecified atom stereocenters. The molecule has 0 aliphatic heterocycles. The first-order valence-corrected chi connectivity index (χ1v) is 7.40. The summed E-state index contributed by atoms with van der Waals surface area (Å²) in [7, 11) is 0. The first-order valence-electron chi connectivity index (χ1n) is 7.40. The minimum Gasteiger partial charge on any atom is -0.479 e. The largest absolute Gasteiger partial charge is 0.479 e. The van der Waals surface area contributed by atoms with E-state index in [0.29, 0.717) is 17.5 Å².